The molecule has 2 aromatic carbocycles. The molecule has 2 aromatic rings. The van der Waals surface area contributed by atoms with Crippen LogP contribution >= 0.6 is 0 Å². The van der Waals surface area contributed by atoms with Gasteiger partial charge in [0.2, 0.25) is 0 Å². The van der Waals surface area contributed by atoms with Gasteiger partial charge in [-0.3, -0.25) is 4.79 Å². The molecule has 0 radical (unpaired) electrons. The molecule has 11 heteroatoms. The second-order valence-electron chi connectivity index (χ2n) is 5.26. The van der Waals surface area contributed by atoms with E-state index in [1.165, 1.54) is 36.4 Å². The molecule has 0 aliphatic carbocycles. The zero-order chi connectivity index (χ0) is 20.7. The summed E-state index contributed by atoms with van der Waals surface area (Å²) < 4.78 is 44.8. The fourth-order valence-corrected chi connectivity index (χ4v) is 1.98. The number of primary amides is 1. The summed E-state index contributed by atoms with van der Waals surface area (Å²) in [6.45, 7) is -0.610. The third kappa shape index (κ3) is 6.86. The molecular weight excluding hydrogens is 383 g/mol. The van der Waals surface area contributed by atoms with Crippen LogP contribution in [0.2, 0.25) is 0 Å². The van der Waals surface area contributed by atoms with Crippen molar-refractivity contribution in [2.24, 2.45) is 5.73 Å². The second-order valence-corrected chi connectivity index (χ2v) is 5.26. The number of halogens is 3. The van der Waals surface area contributed by atoms with Crippen LogP contribution in [0.5, 0.6) is 5.75 Å². The SMILES string of the molecule is NC(=O)Nc1ccc(C(=O)OCC(=O)Nc2ccc(OC(F)(F)F)cc2)cc1. The van der Waals surface area contributed by atoms with Gasteiger partial charge in [0.15, 0.2) is 6.61 Å². The topological polar surface area (TPSA) is 120 Å². The highest BCUT2D eigenvalue weighted by atomic mass is 19.4. The summed E-state index contributed by atoms with van der Waals surface area (Å²) in [6, 6.07) is 9.27. The molecular formula is C17H14F3N3O5. The number of esters is 1. The molecule has 8 nitrogen and oxygen atoms in total. The average molecular weight is 397 g/mol. The van der Waals surface area contributed by atoms with Gasteiger partial charge in [-0.05, 0) is 48.5 Å². The smallest absolute Gasteiger partial charge is 0.452 e. The maximum atomic E-state index is 12.1. The summed E-state index contributed by atoms with van der Waals surface area (Å²) in [4.78, 5) is 34.4. The fraction of sp³-hybridized carbons (Fsp3) is 0.118. The molecule has 2 rings (SSSR count). The van der Waals surface area contributed by atoms with Crippen molar-refractivity contribution in [3.05, 3.63) is 54.1 Å². The highest BCUT2D eigenvalue weighted by molar-refractivity contribution is 5.96. The number of anilines is 2. The molecule has 0 aromatic heterocycles. The Hall–Kier alpha value is -3.76. The van der Waals surface area contributed by atoms with Crippen LogP contribution in [-0.4, -0.2) is 30.9 Å². The molecule has 0 heterocycles. The average Bonchev–Trinajstić information content (AvgIpc) is 2.60. The van der Waals surface area contributed by atoms with E-state index < -0.39 is 36.6 Å². The van der Waals surface area contributed by atoms with E-state index in [0.717, 1.165) is 12.1 Å². The van der Waals surface area contributed by atoms with Gasteiger partial charge in [-0.25, -0.2) is 9.59 Å². The third-order valence-electron chi connectivity index (χ3n) is 3.09. The van der Waals surface area contributed by atoms with E-state index in [-0.39, 0.29) is 11.3 Å². The Morgan fingerprint density at radius 2 is 1.43 bits per heavy atom. The van der Waals surface area contributed by atoms with Gasteiger partial charge in [-0.15, -0.1) is 13.2 Å². The van der Waals surface area contributed by atoms with Crippen molar-refractivity contribution in [1.82, 2.24) is 0 Å². The number of rotatable bonds is 6. The zero-order valence-electron chi connectivity index (χ0n) is 14.1. The first kappa shape index (κ1) is 20.6. The molecule has 3 amide bonds. The summed E-state index contributed by atoms with van der Waals surface area (Å²) in [5.74, 6) is -1.91. The maximum absolute atomic E-state index is 12.1. The number of hydrogen-bond donors (Lipinski definition) is 3. The lowest BCUT2D eigenvalue weighted by Gasteiger charge is -2.10. The number of carbonyl (C=O) groups is 3. The van der Waals surface area contributed by atoms with Gasteiger partial charge in [0.05, 0.1) is 5.56 Å². The number of hydrogen-bond acceptors (Lipinski definition) is 5. The lowest BCUT2D eigenvalue weighted by atomic mass is 10.2. The van der Waals surface area contributed by atoms with E-state index >= 15 is 0 Å². The molecule has 0 unspecified atom stereocenters. The number of ether oxygens (including phenoxy) is 2. The number of urea groups is 1. The van der Waals surface area contributed by atoms with Crippen LogP contribution in [-0.2, 0) is 9.53 Å². The van der Waals surface area contributed by atoms with Crippen LogP contribution in [0.4, 0.5) is 29.3 Å². The summed E-state index contributed by atoms with van der Waals surface area (Å²) in [7, 11) is 0. The maximum Gasteiger partial charge on any atom is 0.573 e. The molecule has 0 bridgehead atoms. The number of nitrogens with two attached hydrogens (primary N) is 1. The Bertz CT molecular complexity index is 852. The highest BCUT2D eigenvalue weighted by Crippen LogP contribution is 2.23. The Morgan fingerprint density at radius 1 is 0.893 bits per heavy atom. The van der Waals surface area contributed by atoms with Crippen LogP contribution in [0.25, 0.3) is 0 Å². The van der Waals surface area contributed by atoms with Gasteiger partial charge in [-0.1, -0.05) is 0 Å². The van der Waals surface area contributed by atoms with Crippen LogP contribution < -0.4 is 21.1 Å². The lowest BCUT2D eigenvalue weighted by molar-refractivity contribution is -0.274. The van der Waals surface area contributed by atoms with Crippen LogP contribution in [0.3, 0.4) is 0 Å². The van der Waals surface area contributed by atoms with Crippen molar-refractivity contribution in [2.45, 2.75) is 6.36 Å². The van der Waals surface area contributed by atoms with E-state index in [4.69, 9.17) is 10.5 Å². The Kier molecular flexibility index (Phi) is 6.42. The van der Waals surface area contributed by atoms with Gasteiger partial charge in [-0.2, -0.15) is 0 Å². The van der Waals surface area contributed by atoms with Gasteiger partial charge >= 0.3 is 18.4 Å². The molecule has 4 N–H and O–H groups in total. The highest BCUT2D eigenvalue weighted by Gasteiger charge is 2.30. The van der Waals surface area contributed by atoms with E-state index in [0.29, 0.717) is 5.69 Å². The Labute approximate surface area is 156 Å². The number of amides is 3. The molecule has 0 spiro atoms. The number of carbonyl (C=O) groups excluding carboxylic acids is 3. The molecule has 0 saturated carbocycles. The van der Waals surface area contributed by atoms with Crippen molar-refractivity contribution < 1.29 is 37.0 Å². The van der Waals surface area contributed by atoms with Crippen molar-refractivity contribution in [1.29, 1.82) is 0 Å². The van der Waals surface area contributed by atoms with Crippen LogP contribution in [0, 0.1) is 0 Å². The molecule has 0 aliphatic heterocycles. The van der Waals surface area contributed by atoms with Gasteiger partial charge in [0, 0.05) is 11.4 Å². The van der Waals surface area contributed by atoms with Gasteiger partial charge < -0.3 is 25.8 Å². The van der Waals surface area contributed by atoms with Crippen LogP contribution in [0.15, 0.2) is 48.5 Å². The van der Waals surface area contributed by atoms with Crippen molar-refractivity contribution in [2.75, 3.05) is 17.2 Å². The quantitative estimate of drug-likeness (QED) is 0.648. The van der Waals surface area contributed by atoms with E-state index in [1.54, 1.807) is 0 Å². The van der Waals surface area contributed by atoms with Crippen molar-refractivity contribution in [3.63, 3.8) is 0 Å². The third-order valence-corrected chi connectivity index (χ3v) is 3.09. The van der Waals surface area contributed by atoms with E-state index in [9.17, 15) is 27.6 Å². The van der Waals surface area contributed by atoms with Gasteiger partial charge in [0.25, 0.3) is 5.91 Å². The van der Waals surface area contributed by atoms with Crippen molar-refractivity contribution >= 4 is 29.3 Å². The first-order chi connectivity index (χ1) is 13.1. The van der Waals surface area contributed by atoms with Crippen molar-refractivity contribution in [3.8, 4) is 5.75 Å². The van der Waals surface area contributed by atoms with E-state index in [2.05, 4.69) is 15.4 Å². The Morgan fingerprint density at radius 3 is 1.96 bits per heavy atom. The normalized spacial score (nSPS) is 10.7. The standard InChI is InChI=1S/C17H14F3N3O5/c18-17(19,20)28-13-7-5-11(6-8-13)22-14(24)9-27-15(25)10-1-3-12(4-2-10)23-16(21)26/h1-8H,9H2,(H,22,24)(H3,21,23,26). The molecule has 0 aliphatic rings. The molecule has 0 atom stereocenters. The van der Waals surface area contributed by atoms with Crippen LogP contribution in [0.1, 0.15) is 10.4 Å². The largest absolute Gasteiger partial charge is 0.573 e. The zero-order valence-corrected chi connectivity index (χ0v) is 14.1. The fourth-order valence-electron chi connectivity index (χ4n) is 1.98. The first-order valence-corrected chi connectivity index (χ1v) is 7.62. The minimum Gasteiger partial charge on any atom is -0.452 e. The predicted octanol–water partition coefficient (Wildman–Crippen LogP) is 2.87. The van der Waals surface area contributed by atoms with E-state index in [1.807, 2.05) is 0 Å². The molecule has 0 saturated heterocycles. The van der Waals surface area contributed by atoms with Gasteiger partial charge in [0.1, 0.15) is 5.75 Å². The molecule has 0 fully saturated rings. The number of alkyl halides is 3. The first-order valence-electron chi connectivity index (χ1n) is 7.62. The number of nitrogens with one attached hydrogen (secondary N) is 2. The predicted molar refractivity (Wildman–Crippen MR) is 91.7 cm³/mol. The minimum atomic E-state index is -4.81. The summed E-state index contributed by atoms with van der Waals surface area (Å²) in [5, 5.41) is 4.67. The number of benzene rings is 2. The second kappa shape index (κ2) is 8.75. The summed E-state index contributed by atoms with van der Waals surface area (Å²) in [6.07, 6.45) is -4.81. The lowest BCUT2D eigenvalue weighted by Crippen LogP contribution is -2.21. The molecule has 148 valence electrons. The minimum absolute atomic E-state index is 0.136. The molecule has 28 heavy (non-hydrogen) atoms. The summed E-state index contributed by atoms with van der Waals surface area (Å²) in [5.41, 5.74) is 5.66. The Balaban J connectivity index is 1.83. The monoisotopic (exact) mass is 397 g/mol. The summed E-state index contributed by atoms with van der Waals surface area (Å²) >= 11 is 0.